The number of hydrogen-bond acceptors (Lipinski definition) is 5. The Hall–Kier alpha value is -3.12. The fourth-order valence-electron chi connectivity index (χ4n) is 3.10. The molecule has 6 nitrogen and oxygen atoms in total. The highest BCUT2D eigenvalue weighted by Crippen LogP contribution is 2.31. The maximum Gasteiger partial charge on any atom is 0.222 e. The molecule has 0 bridgehead atoms. The second-order valence-electron chi connectivity index (χ2n) is 7.49. The molecule has 3 aromatic rings. The monoisotopic (exact) mass is 438 g/mol. The molecule has 7 heteroatoms. The minimum atomic E-state index is -0.103. The van der Waals surface area contributed by atoms with E-state index in [-0.39, 0.29) is 18.4 Å². The van der Waals surface area contributed by atoms with E-state index in [2.05, 4.69) is 20.6 Å². The minimum absolute atomic E-state index is 0.0384. The SMILES string of the molecule is C/C=C\Nc1cc(C)nc2c(OCc3c(Cl)ccnc3CNC(=O)C(C)C)cccc12. The number of amides is 1. The molecule has 0 radical (unpaired) electrons. The van der Waals surface area contributed by atoms with Crippen LogP contribution in [0, 0.1) is 12.8 Å². The fraction of sp³-hybridized carbons (Fsp3) is 0.292. The highest BCUT2D eigenvalue weighted by atomic mass is 35.5. The zero-order valence-electron chi connectivity index (χ0n) is 18.2. The van der Waals surface area contributed by atoms with E-state index in [4.69, 9.17) is 16.3 Å². The van der Waals surface area contributed by atoms with Gasteiger partial charge in [-0.2, -0.15) is 0 Å². The normalized spacial score (nSPS) is 11.3. The smallest absolute Gasteiger partial charge is 0.222 e. The number of nitrogens with one attached hydrogen (secondary N) is 2. The van der Waals surface area contributed by atoms with Gasteiger partial charge in [-0.1, -0.05) is 43.7 Å². The second-order valence-corrected chi connectivity index (χ2v) is 7.89. The molecule has 1 amide bonds. The lowest BCUT2D eigenvalue weighted by Crippen LogP contribution is -2.28. The van der Waals surface area contributed by atoms with Crippen LogP contribution in [0.2, 0.25) is 5.02 Å². The van der Waals surface area contributed by atoms with Crippen LogP contribution in [0.4, 0.5) is 5.69 Å². The number of rotatable bonds is 8. The van der Waals surface area contributed by atoms with E-state index < -0.39 is 0 Å². The maximum absolute atomic E-state index is 12.0. The summed E-state index contributed by atoms with van der Waals surface area (Å²) in [6, 6.07) is 9.55. The van der Waals surface area contributed by atoms with Crippen LogP contribution >= 0.6 is 11.6 Å². The molecule has 0 saturated carbocycles. The molecule has 0 unspecified atom stereocenters. The lowest BCUT2D eigenvalue weighted by molar-refractivity contribution is -0.124. The highest BCUT2D eigenvalue weighted by Gasteiger charge is 2.14. The third-order valence-corrected chi connectivity index (χ3v) is 5.10. The Kier molecular flexibility index (Phi) is 7.47. The fourth-order valence-corrected chi connectivity index (χ4v) is 3.32. The summed E-state index contributed by atoms with van der Waals surface area (Å²) in [6.45, 7) is 8.10. The van der Waals surface area contributed by atoms with Crippen molar-refractivity contribution >= 4 is 34.1 Å². The van der Waals surface area contributed by atoms with Gasteiger partial charge >= 0.3 is 0 Å². The average molecular weight is 439 g/mol. The third kappa shape index (κ3) is 5.52. The van der Waals surface area contributed by atoms with E-state index in [0.29, 0.717) is 23.0 Å². The minimum Gasteiger partial charge on any atom is -0.486 e. The van der Waals surface area contributed by atoms with Crippen LogP contribution in [-0.2, 0) is 17.9 Å². The molecule has 2 N–H and O–H groups in total. The van der Waals surface area contributed by atoms with Gasteiger partial charge in [0.15, 0.2) is 0 Å². The van der Waals surface area contributed by atoms with Crippen LogP contribution < -0.4 is 15.4 Å². The van der Waals surface area contributed by atoms with Gasteiger partial charge in [0.2, 0.25) is 5.91 Å². The van der Waals surface area contributed by atoms with Gasteiger partial charge in [-0.15, -0.1) is 0 Å². The average Bonchev–Trinajstić information content (AvgIpc) is 2.75. The molecule has 162 valence electrons. The van der Waals surface area contributed by atoms with E-state index in [1.165, 1.54) is 0 Å². The van der Waals surface area contributed by atoms with Gasteiger partial charge in [0.05, 0.1) is 17.3 Å². The molecule has 0 spiro atoms. The number of allylic oxidation sites excluding steroid dienone is 1. The van der Waals surface area contributed by atoms with Crippen LogP contribution in [0.3, 0.4) is 0 Å². The maximum atomic E-state index is 12.0. The van der Waals surface area contributed by atoms with Crippen molar-refractivity contribution in [2.24, 2.45) is 5.92 Å². The Morgan fingerprint density at radius 3 is 2.84 bits per heavy atom. The summed E-state index contributed by atoms with van der Waals surface area (Å²) in [7, 11) is 0. The number of aryl methyl sites for hydroxylation is 1. The Morgan fingerprint density at radius 2 is 2.10 bits per heavy atom. The number of benzene rings is 1. The lowest BCUT2D eigenvalue weighted by atomic mass is 10.1. The van der Waals surface area contributed by atoms with E-state index in [1.54, 1.807) is 12.3 Å². The molecule has 31 heavy (non-hydrogen) atoms. The molecule has 2 aromatic heterocycles. The van der Waals surface area contributed by atoms with Gasteiger partial charge in [-0.3, -0.25) is 9.78 Å². The van der Waals surface area contributed by atoms with Crippen molar-refractivity contribution in [3.05, 3.63) is 70.8 Å². The number of pyridine rings is 2. The first-order valence-corrected chi connectivity index (χ1v) is 10.6. The van der Waals surface area contributed by atoms with Gasteiger partial charge in [-0.25, -0.2) is 4.98 Å². The number of carbonyl (C=O) groups excluding carboxylic acids is 1. The third-order valence-electron chi connectivity index (χ3n) is 4.75. The summed E-state index contributed by atoms with van der Waals surface area (Å²) >= 11 is 6.43. The molecule has 0 aliphatic rings. The molecule has 1 aromatic carbocycles. The molecule has 2 heterocycles. The molecule has 0 aliphatic carbocycles. The number of anilines is 1. The van der Waals surface area contributed by atoms with Crippen LogP contribution in [0.25, 0.3) is 10.9 Å². The first kappa shape index (κ1) is 22.6. The van der Waals surface area contributed by atoms with Gasteiger partial charge < -0.3 is 15.4 Å². The standard InChI is InChI=1S/C24H27ClN4O2/c1-5-10-26-20-12-16(4)29-23-17(20)7-6-8-22(23)31-14-18-19(25)9-11-27-21(18)13-28-24(30)15(2)3/h5-12,15H,13-14H2,1-4H3,(H,26,29)(H,28,30)/b10-5-. The zero-order valence-corrected chi connectivity index (χ0v) is 19.0. The largest absolute Gasteiger partial charge is 0.486 e. The van der Waals surface area contributed by atoms with Gasteiger partial charge in [0.1, 0.15) is 17.9 Å². The topological polar surface area (TPSA) is 76.1 Å². The van der Waals surface area contributed by atoms with Crippen LogP contribution in [0.5, 0.6) is 5.75 Å². The van der Waals surface area contributed by atoms with E-state index >= 15 is 0 Å². The number of hydrogen-bond donors (Lipinski definition) is 2. The van der Waals surface area contributed by atoms with Crippen molar-refractivity contribution in [2.75, 3.05) is 5.32 Å². The molecular formula is C24H27ClN4O2. The van der Waals surface area contributed by atoms with E-state index in [0.717, 1.165) is 27.8 Å². The van der Waals surface area contributed by atoms with E-state index in [1.807, 2.05) is 64.2 Å². The molecule has 0 aliphatic heterocycles. The van der Waals surface area contributed by atoms with Crippen LogP contribution in [-0.4, -0.2) is 15.9 Å². The number of nitrogens with zero attached hydrogens (tertiary/aromatic N) is 2. The van der Waals surface area contributed by atoms with E-state index in [9.17, 15) is 4.79 Å². The van der Waals surface area contributed by atoms with Crippen molar-refractivity contribution < 1.29 is 9.53 Å². The van der Waals surface area contributed by atoms with Crippen molar-refractivity contribution in [1.29, 1.82) is 0 Å². The van der Waals surface area contributed by atoms with Crippen LogP contribution in [0.15, 0.2) is 48.8 Å². The molecule has 0 fully saturated rings. The molecular weight excluding hydrogens is 412 g/mol. The highest BCUT2D eigenvalue weighted by molar-refractivity contribution is 6.31. The Labute approximate surface area is 187 Å². The van der Waals surface area contributed by atoms with Gasteiger partial charge in [0, 0.05) is 34.4 Å². The number of aromatic nitrogens is 2. The quantitative estimate of drug-likeness (QED) is 0.493. The van der Waals surface area contributed by atoms with Gasteiger partial charge in [0.25, 0.3) is 0 Å². The number of carbonyl (C=O) groups is 1. The first-order valence-electron chi connectivity index (χ1n) is 10.2. The molecule has 0 saturated heterocycles. The van der Waals surface area contributed by atoms with Crippen molar-refractivity contribution in [3.63, 3.8) is 0 Å². The Morgan fingerprint density at radius 1 is 1.29 bits per heavy atom. The predicted octanol–water partition coefficient (Wildman–Crippen LogP) is 5.39. The summed E-state index contributed by atoms with van der Waals surface area (Å²) in [6.07, 6.45) is 5.45. The Bertz CT molecular complexity index is 1110. The number of para-hydroxylation sites is 1. The summed E-state index contributed by atoms with van der Waals surface area (Å²) in [5.74, 6) is 0.514. The van der Waals surface area contributed by atoms with Crippen molar-refractivity contribution in [3.8, 4) is 5.75 Å². The second kappa shape index (κ2) is 10.3. The number of ether oxygens (including phenoxy) is 1. The van der Waals surface area contributed by atoms with Crippen LogP contribution in [0.1, 0.15) is 37.7 Å². The zero-order chi connectivity index (χ0) is 22.4. The van der Waals surface area contributed by atoms with Crippen molar-refractivity contribution in [2.45, 2.75) is 40.8 Å². The predicted molar refractivity (Wildman–Crippen MR) is 125 cm³/mol. The summed E-state index contributed by atoms with van der Waals surface area (Å²) < 4.78 is 6.15. The van der Waals surface area contributed by atoms with Crippen molar-refractivity contribution in [1.82, 2.24) is 15.3 Å². The molecule has 0 atom stereocenters. The Balaban J connectivity index is 1.88. The molecule has 3 rings (SSSR count). The first-order chi connectivity index (χ1) is 14.9. The summed E-state index contributed by atoms with van der Waals surface area (Å²) in [4.78, 5) is 21.0. The van der Waals surface area contributed by atoms with Gasteiger partial charge in [-0.05, 0) is 38.2 Å². The number of halogens is 1. The summed E-state index contributed by atoms with van der Waals surface area (Å²) in [5, 5.41) is 7.68. The summed E-state index contributed by atoms with van der Waals surface area (Å²) in [5.41, 5.74) is 4.03. The number of fused-ring (bicyclic) bond motifs is 1. The lowest BCUT2D eigenvalue weighted by Gasteiger charge is -2.15.